The zero-order valence-corrected chi connectivity index (χ0v) is 14.6. The lowest BCUT2D eigenvalue weighted by Crippen LogP contribution is -2.49. The molecule has 3 heterocycles. The molecule has 2 aliphatic rings. The fourth-order valence-corrected chi connectivity index (χ4v) is 3.86. The Kier molecular flexibility index (Phi) is 5.36. The van der Waals surface area contributed by atoms with E-state index in [-0.39, 0.29) is 11.5 Å². The number of rotatable bonds is 3. The first kappa shape index (κ1) is 17.2. The van der Waals surface area contributed by atoms with E-state index >= 15 is 0 Å². The van der Waals surface area contributed by atoms with Crippen molar-refractivity contribution in [1.82, 2.24) is 14.8 Å². The number of carbonyl (C=O) groups excluding carboxylic acids is 1. The molecule has 1 unspecified atom stereocenters. The standard InChI is InChI=1S/C18H27N3O3/c1-13-11-16(12-17(22)19-13)18(23)21-5-3-15(4-6-21)14(2)20-7-9-24-10-8-20/h11-12,14-15H,3-10H2,1-2H3,(H,19,22). The summed E-state index contributed by atoms with van der Waals surface area (Å²) in [6.45, 7) is 9.29. The van der Waals surface area contributed by atoms with Crippen molar-refractivity contribution in [2.45, 2.75) is 32.7 Å². The van der Waals surface area contributed by atoms with Crippen LogP contribution < -0.4 is 5.56 Å². The van der Waals surface area contributed by atoms with E-state index in [4.69, 9.17) is 4.74 Å². The van der Waals surface area contributed by atoms with E-state index < -0.39 is 0 Å². The van der Waals surface area contributed by atoms with E-state index in [1.54, 1.807) is 13.0 Å². The van der Waals surface area contributed by atoms with Crippen LogP contribution in [0.5, 0.6) is 0 Å². The normalized spacial score (nSPS) is 21.7. The van der Waals surface area contributed by atoms with Crippen molar-refractivity contribution in [3.05, 3.63) is 33.7 Å². The molecule has 3 rings (SSSR count). The molecule has 2 fully saturated rings. The summed E-state index contributed by atoms with van der Waals surface area (Å²) in [5, 5.41) is 0. The van der Waals surface area contributed by atoms with Gasteiger partial charge in [0.1, 0.15) is 0 Å². The zero-order chi connectivity index (χ0) is 17.1. The van der Waals surface area contributed by atoms with Crippen LogP contribution >= 0.6 is 0 Å². The third-order valence-corrected chi connectivity index (χ3v) is 5.36. The number of H-pyrrole nitrogens is 1. The van der Waals surface area contributed by atoms with Crippen LogP contribution in [0.4, 0.5) is 0 Å². The summed E-state index contributed by atoms with van der Waals surface area (Å²) in [6.07, 6.45) is 2.04. The van der Waals surface area contributed by atoms with Gasteiger partial charge in [0.2, 0.25) is 5.56 Å². The van der Waals surface area contributed by atoms with Gasteiger partial charge < -0.3 is 14.6 Å². The van der Waals surface area contributed by atoms with Gasteiger partial charge in [-0.1, -0.05) is 0 Å². The maximum atomic E-state index is 12.6. The predicted molar refractivity (Wildman–Crippen MR) is 92.3 cm³/mol. The van der Waals surface area contributed by atoms with Crippen molar-refractivity contribution in [3.63, 3.8) is 0 Å². The van der Waals surface area contributed by atoms with Gasteiger partial charge in [0, 0.05) is 49.5 Å². The number of hydrogen-bond acceptors (Lipinski definition) is 4. The van der Waals surface area contributed by atoms with Gasteiger partial charge in [-0.05, 0) is 38.7 Å². The van der Waals surface area contributed by atoms with E-state index in [2.05, 4.69) is 16.8 Å². The topological polar surface area (TPSA) is 65.6 Å². The lowest BCUT2D eigenvalue weighted by molar-refractivity contribution is -0.000953. The number of nitrogens with zero attached hydrogens (tertiary/aromatic N) is 2. The zero-order valence-electron chi connectivity index (χ0n) is 14.6. The average molecular weight is 333 g/mol. The van der Waals surface area contributed by atoms with Crippen LogP contribution in [0.15, 0.2) is 16.9 Å². The van der Waals surface area contributed by atoms with Crippen molar-refractivity contribution >= 4 is 5.91 Å². The molecule has 24 heavy (non-hydrogen) atoms. The van der Waals surface area contributed by atoms with E-state index in [9.17, 15) is 9.59 Å². The third-order valence-electron chi connectivity index (χ3n) is 5.36. The largest absolute Gasteiger partial charge is 0.379 e. The molecule has 0 saturated carbocycles. The number of ether oxygens (including phenoxy) is 1. The second-order valence-electron chi connectivity index (χ2n) is 6.93. The molecule has 1 atom stereocenters. The van der Waals surface area contributed by atoms with Crippen molar-refractivity contribution in [3.8, 4) is 0 Å². The summed E-state index contributed by atoms with van der Waals surface area (Å²) in [7, 11) is 0. The molecule has 2 aliphatic heterocycles. The number of aryl methyl sites for hydroxylation is 1. The number of morpholine rings is 1. The molecule has 6 nitrogen and oxygen atoms in total. The smallest absolute Gasteiger partial charge is 0.254 e. The van der Waals surface area contributed by atoms with Crippen LogP contribution in [0.2, 0.25) is 0 Å². The minimum absolute atomic E-state index is 0.0262. The molecule has 0 aliphatic carbocycles. The van der Waals surface area contributed by atoms with Gasteiger partial charge in [-0.15, -0.1) is 0 Å². The van der Waals surface area contributed by atoms with Gasteiger partial charge in [0.15, 0.2) is 0 Å². The van der Waals surface area contributed by atoms with Crippen LogP contribution in [0.3, 0.4) is 0 Å². The molecule has 0 spiro atoms. The highest BCUT2D eigenvalue weighted by atomic mass is 16.5. The first-order valence-corrected chi connectivity index (χ1v) is 8.86. The van der Waals surface area contributed by atoms with E-state index in [0.717, 1.165) is 57.9 Å². The minimum atomic E-state index is -0.214. The Morgan fingerprint density at radius 1 is 1.21 bits per heavy atom. The quantitative estimate of drug-likeness (QED) is 0.904. The lowest BCUT2D eigenvalue weighted by atomic mass is 9.89. The number of nitrogens with one attached hydrogen (secondary N) is 1. The Balaban J connectivity index is 1.58. The fraction of sp³-hybridized carbons (Fsp3) is 0.667. The molecule has 0 bridgehead atoms. The number of hydrogen-bond donors (Lipinski definition) is 1. The first-order valence-electron chi connectivity index (χ1n) is 8.86. The van der Waals surface area contributed by atoms with E-state index in [1.807, 2.05) is 4.90 Å². The van der Waals surface area contributed by atoms with Gasteiger partial charge in [-0.3, -0.25) is 14.5 Å². The summed E-state index contributed by atoms with van der Waals surface area (Å²) < 4.78 is 5.43. The molecule has 0 aromatic carbocycles. The Labute approximate surface area is 142 Å². The maximum Gasteiger partial charge on any atom is 0.254 e. The molecule has 6 heteroatoms. The minimum Gasteiger partial charge on any atom is -0.379 e. The van der Waals surface area contributed by atoms with Crippen LogP contribution in [0.1, 0.15) is 35.8 Å². The van der Waals surface area contributed by atoms with Crippen molar-refractivity contribution < 1.29 is 9.53 Å². The van der Waals surface area contributed by atoms with Crippen LogP contribution in [0, 0.1) is 12.8 Å². The lowest BCUT2D eigenvalue weighted by Gasteiger charge is -2.41. The van der Waals surface area contributed by atoms with Gasteiger partial charge >= 0.3 is 0 Å². The first-order chi connectivity index (χ1) is 11.5. The number of aromatic nitrogens is 1. The Bertz CT molecular complexity index is 629. The molecule has 1 aromatic rings. The number of piperidine rings is 1. The highest BCUT2D eigenvalue weighted by Crippen LogP contribution is 2.25. The van der Waals surface area contributed by atoms with Gasteiger partial charge in [0.25, 0.3) is 5.91 Å². The molecule has 1 aromatic heterocycles. The van der Waals surface area contributed by atoms with E-state index in [1.165, 1.54) is 6.07 Å². The van der Waals surface area contributed by atoms with Crippen LogP contribution in [-0.2, 0) is 4.74 Å². The number of carbonyl (C=O) groups is 1. The predicted octanol–water partition coefficient (Wildman–Crippen LogP) is 1.26. The van der Waals surface area contributed by atoms with Crippen molar-refractivity contribution in [2.24, 2.45) is 5.92 Å². The summed E-state index contributed by atoms with van der Waals surface area (Å²) in [4.78, 5) is 31.3. The monoisotopic (exact) mass is 333 g/mol. The van der Waals surface area contributed by atoms with Crippen molar-refractivity contribution in [2.75, 3.05) is 39.4 Å². The van der Waals surface area contributed by atoms with Crippen LogP contribution in [0.25, 0.3) is 0 Å². The Morgan fingerprint density at radius 2 is 1.88 bits per heavy atom. The summed E-state index contributed by atoms with van der Waals surface area (Å²) in [5.41, 5.74) is 1.01. The number of likely N-dealkylation sites (tertiary alicyclic amines) is 1. The van der Waals surface area contributed by atoms with Gasteiger partial charge in [0.05, 0.1) is 13.2 Å². The molecule has 1 N–H and O–H groups in total. The SMILES string of the molecule is Cc1cc(C(=O)N2CCC(C(C)N3CCOCC3)CC2)cc(=O)[nH]1. The summed E-state index contributed by atoms with van der Waals surface area (Å²) >= 11 is 0. The van der Waals surface area contributed by atoms with E-state index in [0.29, 0.717) is 17.5 Å². The highest BCUT2D eigenvalue weighted by molar-refractivity contribution is 5.94. The Morgan fingerprint density at radius 3 is 2.50 bits per heavy atom. The molecular weight excluding hydrogens is 306 g/mol. The summed E-state index contributed by atoms with van der Waals surface area (Å²) in [5.74, 6) is 0.592. The molecular formula is C18H27N3O3. The second kappa shape index (κ2) is 7.49. The molecule has 2 saturated heterocycles. The van der Waals surface area contributed by atoms with Gasteiger partial charge in [-0.2, -0.15) is 0 Å². The number of aromatic amines is 1. The van der Waals surface area contributed by atoms with Crippen molar-refractivity contribution in [1.29, 1.82) is 0 Å². The highest BCUT2D eigenvalue weighted by Gasteiger charge is 2.30. The Hall–Kier alpha value is -1.66. The van der Waals surface area contributed by atoms with Gasteiger partial charge in [-0.25, -0.2) is 0 Å². The second-order valence-corrected chi connectivity index (χ2v) is 6.93. The molecule has 132 valence electrons. The number of pyridine rings is 1. The third kappa shape index (κ3) is 3.87. The van der Waals surface area contributed by atoms with Crippen LogP contribution in [-0.4, -0.2) is 66.1 Å². The summed E-state index contributed by atoms with van der Waals surface area (Å²) in [6, 6.07) is 3.69. The fourth-order valence-electron chi connectivity index (χ4n) is 3.86. The molecule has 0 radical (unpaired) electrons. The number of amides is 1. The maximum absolute atomic E-state index is 12.6. The molecule has 1 amide bonds. The average Bonchev–Trinajstić information content (AvgIpc) is 2.60.